The first kappa shape index (κ1) is 8.50. The SMILES string of the molecule is NC1=NN(c2ccc(Br)cn2)CC1. The first-order chi connectivity index (χ1) is 6.25. The number of rotatable bonds is 1. The van der Waals surface area contributed by atoms with E-state index in [0.717, 1.165) is 23.3 Å². The van der Waals surface area contributed by atoms with E-state index in [0.29, 0.717) is 5.84 Å². The third kappa shape index (κ3) is 1.80. The van der Waals surface area contributed by atoms with Crippen molar-refractivity contribution < 1.29 is 0 Å². The van der Waals surface area contributed by atoms with Gasteiger partial charge < -0.3 is 5.73 Å². The molecule has 0 saturated heterocycles. The maximum Gasteiger partial charge on any atom is 0.148 e. The largest absolute Gasteiger partial charge is 0.386 e. The molecule has 0 unspecified atom stereocenters. The number of hydrazone groups is 1. The Bertz CT molecular complexity index is 333. The molecule has 0 amide bonds. The summed E-state index contributed by atoms with van der Waals surface area (Å²) in [7, 11) is 0. The van der Waals surface area contributed by atoms with Crippen LogP contribution in [0.2, 0.25) is 0 Å². The quantitative estimate of drug-likeness (QED) is 0.806. The van der Waals surface area contributed by atoms with Gasteiger partial charge in [-0.15, -0.1) is 0 Å². The van der Waals surface area contributed by atoms with Crippen molar-refractivity contribution in [3.63, 3.8) is 0 Å². The minimum Gasteiger partial charge on any atom is -0.386 e. The van der Waals surface area contributed by atoms with Gasteiger partial charge in [-0.05, 0) is 28.1 Å². The Morgan fingerprint density at radius 2 is 2.31 bits per heavy atom. The summed E-state index contributed by atoms with van der Waals surface area (Å²) in [5.74, 6) is 1.51. The molecule has 0 atom stereocenters. The molecule has 2 heterocycles. The fourth-order valence-corrected chi connectivity index (χ4v) is 1.40. The second-order valence-corrected chi connectivity index (χ2v) is 3.71. The number of pyridine rings is 1. The number of aromatic nitrogens is 1. The zero-order valence-electron chi connectivity index (χ0n) is 6.94. The highest BCUT2D eigenvalue weighted by Gasteiger charge is 2.13. The lowest BCUT2D eigenvalue weighted by Gasteiger charge is -2.10. The monoisotopic (exact) mass is 240 g/mol. The summed E-state index contributed by atoms with van der Waals surface area (Å²) in [5, 5.41) is 5.95. The van der Waals surface area contributed by atoms with Crippen molar-refractivity contribution >= 4 is 27.6 Å². The van der Waals surface area contributed by atoms with Gasteiger partial charge in [-0.1, -0.05) is 0 Å². The van der Waals surface area contributed by atoms with Crippen LogP contribution in [-0.2, 0) is 0 Å². The first-order valence-electron chi connectivity index (χ1n) is 3.98. The zero-order chi connectivity index (χ0) is 9.26. The summed E-state index contributed by atoms with van der Waals surface area (Å²) >= 11 is 3.32. The first-order valence-corrected chi connectivity index (χ1v) is 4.77. The van der Waals surface area contributed by atoms with Crippen molar-refractivity contribution in [1.82, 2.24) is 4.98 Å². The topological polar surface area (TPSA) is 54.5 Å². The fourth-order valence-electron chi connectivity index (χ4n) is 1.16. The van der Waals surface area contributed by atoms with Crippen LogP contribution >= 0.6 is 15.9 Å². The van der Waals surface area contributed by atoms with Gasteiger partial charge in [0.2, 0.25) is 0 Å². The zero-order valence-corrected chi connectivity index (χ0v) is 8.53. The Labute approximate surface area is 84.6 Å². The van der Waals surface area contributed by atoms with Crippen molar-refractivity contribution in [2.24, 2.45) is 10.8 Å². The number of nitrogens with zero attached hydrogens (tertiary/aromatic N) is 3. The molecule has 4 nitrogen and oxygen atoms in total. The molecule has 0 spiro atoms. The fraction of sp³-hybridized carbons (Fsp3) is 0.250. The molecule has 2 N–H and O–H groups in total. The molecule has 1 aromatic heterocycles. The molecule has 0 fully saturated rings. The van der Waals surface area contributed by atoms with Crippen molar-refractivity contribution in [2.75, 3.05) is 11.6 Å². The van der Waals surface area contributed by atoms with Crippen LogP contribution < -0.4 is 10.7 Å². The lowest BCUT2D eigenvalue weighted by Crippen LogP contribution is -2.12. The third-order valence-electron chi connectivity index (χ3n) is 1.81. The average Bonchev–Trinajstić information content (AvgIpc) is 2.53. The van der Waals surface area contributed by atoms with E-state index in [2.05, 4.69) is 26.0 Å². The van der Waals surface area contributed by atoms with Gasteiger partial charge in [-0.3, -0.25) is 0 Å². The van der Waals surface area contributed by atoms with Gasteiger partial charge in [0.15, 0.2) is 0 Å². The predicted octanol–water partition coefficient (Wildman–Crippen LogP) is 1.33. The molecule has 0 aliphatic carbocycles. The van der Waals surface area contributed by atoms with Crippen LogP contribution in [0.15, 0.2) is 27.9 Å². The lowest BCUT2D eigenvalue weighted by atomic mass is 10.4. The average molecular weight is 241 g/mol. The number of halogens is 1. The minimum absolute atomic E-state index is 0.671. The molecule has 0 bridgehead atoms. The Morgan fingerprint density at radius 1 is 1.46 bits per heavy atom. The number of amidine groups is 1. The second kappa shape index (κ2) is 3.33. The van der Waals surface area contributed by atoms with E-state index in [1.807, 2.05) is 17.1 Å². The van der Waals surface area contributed by atoms with E-state index >= 15 is 0 Å². The standard InChI is InChI=1S/C8H9BrN4/c9-6-1-2-8(11-5-6)13-4-3-7(10)12-13/h1-2,5H,3-4H2,(H2,10,12). The lowest BCUT2D eigenvalue weighted by molar-refractivity contribution is 0.895. The number of hydrogen-bond donors (Lipinski definition) is 1. The second-order valence-electron chi connectivity index (χ2n) is 2.80. The predicted molar refractivity (Wildman–Crippen MR) is 55.5 cm³/mol. The molecule has 0 aromatic carbocycles. The van der Waals surface area contributed by atoms with Gasteiger partial charge in [0.1, 0.15) is 11.7 Å². The summed E-state index contributed by atoms with van der Waals surface area (Å²) in [6, 6.07) is 3.85. The molecular formula is C8H9BrN4. The Kier molecular flexibility index (Phi) is 2.18. The summed E-state index contributed by atoms with van der Waals surface area (Å²) in [6.45, 7) is 0.820. The summed E-state index contributed by atoms with van der Waals surface area (Å²) in [4.78, 5) is 4.21. The van der Waals surface area contributed by atoms with E-state index < -0.39 is 0 Å². The molecule has 1 aromatic rings. The highest BCUT2D eigenvalue weighted by Crippen LogP contribution is 2.17. The Hall–Kier alpha value is -1.10. The highest BCUT2D eigenvalue weighted by molar-refractivity contribution is 9.10. The van der Waals surface area contributed by atoms with E-state index in [-0.39, 0.29) is 0 Å². The van der Waals surface area contributed by atoms with Gasteiger partial charge in [0.05, 0.1) is 6.54 Å². The van der Waals surface area contributed by atoms with Gasteiger partial charge in [-0.2, -0.15) is 5.10 Å². The van der Waals surface area contributed by atoms with Crippen molar-refractivity contribution in [3.8, 4) is 0 Å². The van der Waals surface area contributed by atoms with E-state index in [9.17, 15) is 0 Å². The number of anilines is 1. The molecule has 1 aliphatic heterocycles. The molecule has 5 heteroatoms. The van der Waals surface area contributed by atoms with Crippen molar-refractivity contribution in [1.29, 1.82) is 0 Å². The Morgan fingerprint density at radius 3 is 2.85 bits per heavy atom. The molecule has 13 heavy (non-hydrogen) atoms. The maximum atomic E-state index is 5.56. The number of nitrogens with two attached hydrogens (primary N) is 1. The third-order valence-corrected chi connectivity index (χ3v) is 2.27. The maximum absolute atomic E-state index is 5.56. The molecular weight excluding hydrogens is 232 g/mol. The van der Waals surface area contributed by atoms with Gasteiger partial charge in [0.25, 0.3) is 0 Å². The summed E-state index contributed by atoms with van der Waals surface area (Å²) in [5.41, 5.74) is 5.56. The van der Waals surface area contributed by atoms with Gasteiger partial charge in [0, 0.05) is 17.1 Å². The van der Waals surface area contributed by atoms with E-state index in [1.165, 1.54) is 0 Å². The van der Waals surface area contributed by atoms with Crippen LogP contribution in [-0.4, -0.2) is 17.4 Å². The molecule has 1 aliphatic rings. The van der Waals surface area contributed by atoms with Crippen molar-refractivity contribution in [3.05, 3.63) is 22.8 Å². The van der Waals surface area contributed by atoms with Crippen LogP contribution in [0.4, 0.5) is 5.82 Å². The highest BCUT2D eigenvalue weighted by atomic mass is 79.9. The Balaban J connectivity index is 2.22. The van der Waals surface area contributed by atoms with Crippen molar-refractivity contribution in [2.45, 2.75) is 6.42 Å². The van der Waals surface area contributed by atoms with E-state index in [1.54, 1.807) is 6.20 Å². The summed E-state index contributed by atoms with van der Waals surface area (Å²) < 4.78 is 0.965. The molecule has 2 rings (SSSR count). The van der Waals surface area contributed by atoms with E-state index in [4.69, 9.17) is 5.73 Å². The molecule has 0 saturated carbocycles. The minimum atomic E-state index is 0.671. The van der Waals surface area contributed by atoms with Crippen LogP contribution in [0.5, 0.6) is 0 Å². The smallest absolute Gasteiger partial charge is 0.148 e. The van der Waals surface area contributed by atoms with Gasteiger partial charge in [-0.25, -0.2) is 9.99 Å². The molecule has 68 valence electrons. The summed E-state index contributed by atoms with van der Waals surface area (Å²) in [6.07, 6.45) is 2.57. The normalized spacial score (nSPS) is 16.1. The number of hydrogen-bond acceptors (Lipinski definition) is 4. The van der Waals surface area contributed by atoms with Crippen LogP contribution in [0.1, 0.15) is 6.42 Å². The van der Waals surface area contributed by atoms with Crippen LogP contribution in [0.25, 0.3) is 0 Å². The molecule has 0 radical (unpaired) electrons. The van der Waals surface area contributed by atoms with Crippen LogP contribution in [0.3, 0.4) is 0 Å². The van der Waals surface area contributed by atoms with Gasteiger partial charge >= 0.3 is 0 Å². The van der Waals surface area contributed by atoms with Crippen LogP contribution in [0, 0.1) is 0 Å².